The first-order valence-electron chi connectivity index (χ1n) is 3.74. The maximum Gasteiger partial charge on any atom is 0.170 e. The Morgan fingerprint density at radius 1 is 1.33 bits per heavy atom. The molecule has 0 spiro atoms. The molecule has 0 unspecified atom stereocenters. The minimum atomic E-state index is -0.729. The second kappa shape index (κ2) is 5.00. The molecular weight excluding hydrogens is 128 g/mol. The van der Waals surface area contributed by atoms with E-state index in [2.05, 4.69) is 26.9 Å². The topological polar surface area (TPSA) is 9.23 Å². The maximum atomic E-state index is 5.49. The third-order valence-electron chi connectivity index (χ3n) is 1.15. The molecule has 0 rings (SSSR count). The lowest BCUT2D eigenvalue weighted by molar-refractivity contribution is 0.296. The largest absolute Gasteiger partial charge is 0.421 e. The van der Waals surface area contributed by atoms with Crippen molar-refractivity contribution in [2.75, 3.05) is 6.61 Å². The highest BCUT2D eigenvalue weighted by Crippen LogP contribution is 1.99. The van der Waals surface area contributed by atoms with Crippen molar-refractivity contribution >= 4 is 9.04 Å². The highest BCUT2D eigenvalue weighted by Gasteiger charge is 1.96. The third-order valence-corrected chi connectivity index (χ3v) is 2.05. The fourth-order valence-electron chi connectivity index (χ4n) is 0.539. The van der Waals surface area contributed by atoms with E-state index in [9.17, 15) is 0 Å². The van der Waals surface area contributed by atoms with E-state index >= 15 is 0 Å². The van der Waals surface area contributed by atoms with E-state index in [-0.39, 0.29) is 0 Å². The van der Waals surface area contributed by atoms with Crippen molar-refractivity contribution in [3.05, 3.63) is 0 Å². The highest BCUT2D eigenvalue weighted by molar-refractivity contribution is 6.48. The zero-order valence-corrected chi connectivity index (χ0v) is 8.13. The fourth-order valence-corrected chi connectivity index (χ4v) is 1.15. The first-order chi connectivity index (χ1) is 4.13. The summed E-state index contributed by atoms with van der Waals surface area (Å²) in [7, 11) is -0.729. The number of rotatable bonds is 4. The SMILES string of the molecule is CC(C)CCO[SiH](C)C. The number of hydrogen-bond acceptors (Lipinski definition) is 1. The van der Waals surface area contributed by atoms with Crippen molar-refractivity contribution < 1.29 is 4.43 Å². The molecule has 0 aliphatic rings. The fraction of sp³-hybridized carbons (Fsp3) is 1.00. The van der Waals surface area contributed by atoms with E-state index in [4.69, 9.17) is 4.43 Å². The maximum absolute atomic E-state index is 5.49. The summed E-state index contributed by atoms with van der Waals surface area (Å²) in [6.45, 7) is 9.85. The van der Waals surface area contributed by atoms with E-state index in [0.29, 0.717) is 0 Å². The Hall–Kier alpha value is 0.177. The molecule has 9 heavy (non-hydrogen) atoms. The Bertz CT molecular complexity index is 53.9. The molecule has 1 nitrogen and oxygen atoms in total. The van der Waals surface area contributed by atoms with Crippen LogP contribution in [0.5, 0.6) is 0 Å². The molecule has 0 amide bonds. The first-order valence-corrected chi connectivity index (χ1v) is 6.52. The standard InChI is InChI=1S/C7H18OSi/c1-7(2)5-6-8-9(3)4/h7,9H,5-6H2,1-4H3. The van der Waals surface area contributed by atoms with Crippen LogP contribution in [0.25, 0.3) is 0 Å². The van der Waals surface area contributed by atoms with Crippen LogP contribution < -0.4 is 0 Å². The molecule has 0 fully saturated rings. The van der Waals surface area contributed by atoms with Gasteiger partial charge in [-0.3, -0.25) is 0 Å². The smallest absolute Gasteiger partial charge is 0.170 e. The zero-order chi connectivity index (χ0) is 7.28. The summed E-state index contributed by atoms with van der Waals surface area (Å²) in [4.78, 5) is 0. The van der Waals surface area contributed by atoms with Crippen molar-refractivity contribution in [3.8, 4) is 0 Å². The third kappa shape index (κ3) is 8.18. The molecule has 0 aromatic heterocycles. The second-order valence-corrected chi connectivity index (χ2v) is 5.53. The van der Waals surface area contributed by atoms with Crippen LogP contribution >= 0.6 is 0 Å². The molecule has 0 bridgehead atoms. The average molecular weight is 146 g/mol. The summed E-state index contributed by atoms with van der Waals surface area (Å²) in [6.07, 6.45) is 1.21. The van der Waals surface area contributed by atoms with Gasteiger partial charge in [0, 0.05) is 6.61 Å². The Balaban J connectivity index is 2.91. The van der Waals surface area contributed by atoms with E-state index in [1.807, 2.05) is 0 Å². The second-order valence-electron chi connectivity index (χ2n) is 3.10. The molecule has 0 saturated heterocycles. The zero-order valence-electron chi connectivity index (χ0n) is 6.98. The van der Waals surface area contributed by atoms with Gasteiger partial charge in [-0.15, -0.1) is 0 Å². The van der Waals surface area contributed by atoms with Gasteiger partial charge >= 0.3 is 0 Å². The molecule has 0 saturated carbocycles. The van der Waals surface area contributed by atoms with Gasteiger partial charge < -0.3 is 4.43 Å². The Labute approximate surface area is 60.1 Å². The molecule has 0 heterocycles. The van der Waals surface area contributed by atoms with E-state index < -0.39 is 9.04 Å². The molecule has 0 aromatic carbocycles. The normalized spacial score (nSPS) is 11.3. The van der Waals surface area contributed by atoms with Crippen LogP contribution in [0, 0.1) is 5.92 Å². The van der Waals surface area contributed by atoms with Crippen LogP contribution in [-0.4, -0.2) is 15.6 Å². The predicted molar refractivity (Wildman–Crippen MR) is 44.3 cm³/mol. The summed E-state index contributed by atoms with van der Waals surface area (Å²) in [5.41, 5.74) is 0. The molecule has 0 aromatic rings. The summed E-state index contributed by atoms with van der Waals surface area (Å²) < 4.78 is 5.49. The number of hydrogen-bond donors (Lipinski definition) is 0. The van der Waals surface area contributed by atoms with E-state index in [1.165, 1.54) is 6.42 Å². The molecule has 0 N–H and O–H groups in total. The van der Waals surface area contributed by atoms with Crippen LogP contribution in [0.4, 0.5) is 0 Å². The van der Waals surface area contributed by atoms with Gasteiger partial charge in [0.05, 0.1) is 0 Å². The average Bonchev–Trinajstić information content (AvgIpc) is 1.63. The van der Waals surface area contributed by atoms with Gasteiger partial charge in [-0.2, -0.15) is 0 Å². The van der Waals surface area contributed by atoms with E-state index in [1.54, 1.807) is 0 Å². The minimum Gasteiger partial charge on any atom is -0.421 e. The van der Waals surface area contributed by atoms with Gasteiger partial charge in [-0.05, 0) is 25.4 Å². The lowest BCUT2D eigenvalue weighted by Gasteiger charge is -2.07. The van der Waals surface area contributed by atoms with Crippen LogP contribution in [0.15, 0.2) is 0 Å². The van der Waals surface area contributed by atoms with Gasteiger partial charge in [-0.25, -0.2) is 0 Å². The Morgan fingerprint density at radius 3 is 2.22 bits per heavy atom. The monoisotopic (exact) mass is 146 g/mol. The molecule has 0 radical (unpaired) electrons. The van der Waals surface area contributed by atoms with Crippen LogP contribution in [-0.2, 0) is 4.43 Å². The van der Waals surface area contributed by atoms with Crippen molar-refractivity contribution in [2.45, 2.75) is 33.4 Å². The van der Waals surface area contributed by atoms with Gasteiger partial charge in [0.1, 0.15) is 0 Å². The van der Waals surface area contributed by atoms with Gasteiger partial charge in [0.2, 0.25) is 0 Å². The lowest BCUT2D eigenvalue weighted by Crippen LogP contribution is -2.09. The molecule has 0 atom stereocenters. The molecule has 0 aliphatic carbocycles. The van der Waals surface area contributed by atoms with Crippen molar-refractivity contribution in [3.63, 3.8) is 0 Å². The summed E-state index contributed by atoms with van der Waals surface area (Å²) >= 11 is 0. The quantitative estimate of drug-likeness (QED) is 0.551. The Kier molecular flexibility index (Phi) is 5.10. The van der Waals surface area contributed by atoms with Crippen molar-refractivity contribution in [1.29, 1.82) is 0 Å². The summed E-state index contributed by atoms with van der Waals surface area (Å²) in [5, 5.41) is 0. The van der Waals surface area contributed by atoms with E-state index in [0.717, 1.165) is 12.5 Å². The molecule has 0 aliphatic heterocycles. The van der Waals surface area contributed by atoms with Gasteiger partial charge in [0.15, 0.2) is 9.04 Å². The molecular formula is C7H18OSi. The lowest BCUT2D eigenvalue weighted by atomic mass is 10.2. The first kappa shape index (κ1) is 9.18. The highest BCUT2D eigenvalue weighted by atomic mass is 28.3. The summed E-state index contributed by atoms with van der Waals surface area (Å²) in [5.74, 6) is 0.790. The summed E-state index contributed by atoms with van der Waals surface area (Å²) in [6, 6.07) is 0. The van der Waals surface area contributed by atoms with Crippen molar-refractivity contribution in [2.24, 2.45) is 5.92 Å². The van der Waals surface area contributed by atoms with Gasteiger partial charge in [-0.1, -0.05) is 13.8 Å². The van der Waals surface area contributed by atoms with Crippen LogP contribution in [0.1, 0.15) is 20.3 Å². The van der Waals surface area contributed by atoms with Crippen LogP contribution in [0.3, 0.4) is 0 Å². The van der Waals surface area contributed by atoms with Crippen LogP contribution in [0.2, 0.25) is 13.1 Å². The minimum absolute atomic E-state index is 0.729. The molecule has 2 heteroatoms. The van der Waals surface area contributed by atoms with Crippen molar-refractivity contribution in [1.82, 2.24) is 0 Å². The van der Waals surface area contributed by atoms with Gasteiger partial charge in [0.25, 0.3) is 0 Å². The Morgan fingerprint density at radius 2 is 1.89 bits per heavy atom. The molecule has 56 valence electrons. The predicted octanol–water partition coefficient (Wildman–Crippen LogP) is 2.03.